The number of rotatable bonds is 2. The fourth-order valence-corrected chi connectivity index (χ4v) is 4.61. The Balaban J connectivity index is 1.46. The molecule has 0 saturated carbocycles. The number of nitrogens with one attached hydrogen (secondary N) is 1. The van der Waals surface area contributed by atoms with Crippen molar-refractivity contribution in [3.8, 4) is 0 Å². The highest BCUT2D eigenvalue weighted by molar-refractivity contribution is 7.16. The van der Waals surface area contributed by atoms with Crippen molar-refractivity contribution in [2.75, 3.05) is 23.3 Å². The number of benzene rings is 1. The molecule has 0 spiro atoms. The lowest BCUT2D eigenvalue weighted by Gasteiger charge is -2.40. The Morgan fingerprint density at radius 1 is 1.28 bits per heavy atom. The number of nitrogens with zero attached hydrogens (tertiary/aromatic N) is 3. The Morgan fingerprint density at radius 2 is 2.04 bits per heavy atom. The van der Waals surface area contributed by atoms with Crippen molar-refractivity contribution in [3.63, 3.8) is 0 Å². The molecule has 7 heteroatoms. The van der Waals surface area contributed by atoms with Crippen LogP contribution in [0.3, 0.4) is 0 Å². The van der Waals surface area contributed by atoms with Crippen LogP contribution in [0.1, 0.15) is 29.1 Å². The molecule has 1 aromatic heterocycles. The second-order valence-corrected chi connectivity index (χ2v) is 7.89. The lowest BCUT2D eigenvalue weighted by atomic mass is 10.0. The van der Waals surface area contributed by atoms with Gasteiger partial charge < -0.3 is 9.80 Å². The zero-order chi connectivity index (χ0) is 17.6. The maximum atomic E-state index is 14.2. The summed E-state index contributed by atoms with van der Waals surface area (Å²) in [5.74, 6) is -0.170. The molecular formula is C18H21FN4OS. The molecule has 1 saturated heterocycles. The van der Waals surface area contributed by atoms with E-state index in [4.69, 9.17) is 0 Å². The number of piperidine rings is 1. The number of halogens is 1. The van der Waals surface area contributed by atoms with Crippen molar-refractivity contribution in [1.82, 2.24) is 9.88 Å². The molecule has 2 aliphatic rings. The number of thiazole rings is 1. The molecule has 2 aromatic rings. The van der Waals surface area contributed by atoms with E-state index in [1.807, 2.05) is 24.8 Å². The Hall–Kier alpha value is -2.15. The quantitative estimate of drug-likeness (QED) is 0.883. The fourth-order valence-electron chi connectivity index (χ4n) is 3.80. The molecule has 2 amide bonds. The van der Waals surface area contributed by atoms with Crippen LogP contribution in [0.5, 0.6) is 0 Å². The van der Waals surface area contributed by atoms with Gasteiger partial charge in [0.1, 0.15) is 10.8 Å². The molecule has 0 atom stereocenters. The van der Waals surface area contributed by atoms with E-state index < -0.39 is 0 Å². The Bertz CT molecular complexity index is 793. The van der Waals surface area contributed by atoms with Gasteiger partial charge in [-0.3, -0.25) is 5.32 Å². The van der Waals surface area contributed by atoms with Gasteiger partial charge >= 0.3 is 6.03 Å². The highest BCUT2D eigenvalue weighted by Crippen LogP contribution is 2.33. The third-order valence-corrected chi connectivity index (χ3v) is 5.94. The number of urea groups is 1. The van der Waals surface area contributed by atoms with Gasteiger partial charge in [0, 0.05) is 19.1 Å². The summed E-state index contributed by atoms with van der Waals surface area (Å²) in [7, 11) is 0. The summed E-state index contributed by atoms with van der Waals surface area (Å²) in [6, 6.07) is 5.31. The van der Waals surface area contributed by atoms with E-state index in [9.17, 15) is 9.18 Å². The number of carbonyl (C=O) groups is 1. The minimum absolute atomic E-state index is 0.0447. The van der Waals surface area contributed by atoms with Crippen LogP contribution in [0, 0.1) is 19.7 Å². The predicted octanol–water partition coefficient (Wildman–Crippen LogP) is 3.92. The van der Waals surface area contributed by atoms with Gasteiger partial charge in [-0.05, 0) is 38.3 Å². The minimum Gasteiger partial charge on any atom is -0.369 e. The number of fused-ring (bicyclic) bond motifs is 1. The molecule has 0 unspecified atom stereocenters. The normalized spacial score (nSPS) is 18.3. The third-order valence-electron chi connectivity index (χ3n) is 5.02. The van der Waals surface area contributed by atoms with Gasteiger partial charge in [0.2, 0.25) is 0 Å². The topological polar surface area (TPSA) is 48.5 Å². The summed E-state index contributed by atoms with van der Waals surface area (Å²) in [6.07, 6.45) is 1.67. The SMILES string of the molecule is Cc1nc2c(s1)NC(=O)N(C1CCN(c3c(C)cccc3F)CC1)C2. The summed E-state index contributed by atoms with van der Waals surface area (Å²) in [5, 5.41) is 4.80. The van der Waals surface area contributed by atoms with E-state index in [0.29, 0.717) is 12.2 Å². The maximum Gasteiger partial charge on any atom is 0.323 e. The van der Waals surface area contributed by atoms with Gasteiger partial charge in [-0.1, -0.05) is 12.1 Å². The van der Waals surface area contributed by atoms with Gasteiger partial charge in [-0.15, -0.1) is 11.3 Å². The summed E-state index contributed by atoms with van der Waals surface area (Å²) in [4.78, 5) is 20.9. The molecule has 1 N–H and O–H groups in total. The molecule has 1 fully saturated rings. The lowest BCUT2D eigenvalue weighted by Crippen LogP contribution is -2.50. The van der Waals surface area contributed by atoms with Crippen molar-refractivity contribution in [3.05, 3.63) is 40.3 Å². The molecule has 0 aliphatic carbocycles. The number of anilines is 2. The third kappa shape index (κ3) is 2.97. The summed E-state index contributed by atoms with van der Waals surface area (Å²) < 4.78 is 14.2. The Kier molecular flexibility index (Phi) is 4.11. The van der Waals surface area contributed by atoms with Crippen molar-refractivity contribution in [2.24, 2.45) is 0 Å². The molecule has 0 radical (unpaired) electrons. The van der Waals surface area contributed by atoms with Crippen LogP contribution < -0.4 is 10.2 Å². The van der Waals surface area contributed by atoms with Crippen LogP contribution in [-0.4, -0.2) is 35.0 Å². The van der Waals surface area contributed by atoms with Gasteiger partial charge in [0.25, 0.3) is 0 Å². The van der Waals surface area contributed by atoms with Gasteiger partial charge in [0.05, 0.1) is 22.9 Å². The average Bonchev–Trinajstić information content (AvgIpc) is 2.93. The summed E-state index contributed by atoms with van der Waals surface area (Å²) in [6.45, 7) is 5.95. The zero-order valence-corrected chi connectivity index (χ0v) is 15.2. The van der Waals surface area contributed by atoms with Crippen LogP contribution in [0.4, 0.5) is 19.9 Å². The summed E-state index contributed by atoms with van der Waals surface area (Å²) in [5.41, 5.74) is 2.60. The molecule has 0 bridgehead atoms. The van der Waals surface area contributed by atoms with Crippen LogP contribution in [0.15, 0.2) is 18.2 Å². The minimum atomic E-state index is -0.170. The largest absolute Gasteiger partial charge is 0.369 e. The van der Waals surface area contributed by atoms with E-state index in [2.05, 4.69) is 15.2 Å². The van der Waals surface area contributed by atoms with E-state index in [1.165, 1.54) is 17.4 Å². The fraction of sp³-hybridized carbons (Fsp3) is 0.444. The molecule has 1 aromatic carbocycles. The standard InChI is InChI=1S/C18H21FN4OS/c1-11-4-3-5-14(19)16(11)22-8-6-13(7-9-22)23-10-15-17(21-18(23)24)25-12(2)20-15/h3-5,13H,6-10H2,1-2H3,(H,21,24). The molecule has 132 valence electrons. The van der Waals surface area contributed by atoms with Gasteiger partial charge in [-0.25, -0.2) is 14.2 Å². The van der Waals surface area contributed by atoms with Crippen LogP contribution in [0.25, 0.3) is 0 Å². The molecule has 2 aliphatic heterocycles. The number of aryl methyl sites for hydroxylation is 2. The van der Waals surface area contributed by atoms with E-state index >= 15 is 0 Å². The first-order valence-electron chi connectivity index (χ1n) is 8.57. The Morgan fingerprint density at radius 3 is 2.76 bits per heavy atom. The number of hydrogen-bond donors (Lipinski definition) is 1. The smallest absolute Gasteiger partial charge is 0.323 e. The highest BCUT2D eigenvalue weighted by atomic mass is 32.1. The van der Waals surface area contributed by atoms with Gasteiger partial charge in [0.15, 0.2) is 0 Å². The monoisotopic (exact) mass is 360 g/mol. The predicted molar refractivity (Wildman–Crippen MR) is 97.8 cm³/mol. The lowest BCUT2D eigenvalue weighted by molar-refractivity contribution is 0.166. The number of carbonyl (C=O) groups excluding carboxylic acids is 1. The van der Waals surface area contributed by atoms with Crippen molar-refractivity contribution in [2.45, 2.75) is 39.3 Å². The second-order valence-electron chi connectivity index (χ2n) is 6.69. The zero-order valence-electron chi connectivity index (χ0n) is 14.4. The van der Waals surface area contributed by atoms with Gasteiger partial charge in [-0.2, -0.15) is 0 Å². The number of amides is 2. The Labute approximate surface area is 150 Å². The van der Waals surface area contributed by atoms with E-state index in [0.717, 1.165) is 47.2 Å². The number of para-hydroxylation sites is 1. The van der Waals surface area contributed by atoms with Crippen molar-refractivity contribution in [1.29, 1.82) is 0 Å². The summed E-state index contributed by atoms with van der Waals surface area (Å²) >= 11 is 1.52. The second kappa shape index (κ2) is 6.29. The van der Waals surface area contributed by atoms with Crippen LogP contribution in [0.2, 0.25) is 0 Å². The number of aromatic nitrogens is 1. The average molecular weight is 360 g/mol. The molecule has 4 rings (SSSR count). The van der Waals surface area contributed by atoms with E-state index in [-0.39, 0.29) is 17.9 Å². The first-order valence-corrected chi connectivity index (χ1v) is 9.38. The van der Waals surface area contributed by atoms with Crippen LogP contribution in [-0.2, 0) is 6.54 Å². The molecule has 3 heterocycles. The van der Waals surface area contributed by atoms with E-state index in [1.54, 1.807) is 6.07 Å². The van der Waals surface area contributed by atoms with Crippen molar-refractivity contribution >= 4 is 28.1 Å². The first-order chi connectivity index (χ1) is 12.0. The number of hydrogen-bond acceptors (Lipinski definition) is 4. The van der Waals surface area contributed by atoms with Crippen molar-refractivity contribution < 1.29 is 9.18 Å². The molecular weight excluding hydrogens is 339 g/mol. The molecule has 5 nitrogen and oxygen atoms in total. The van der Waals surface area contributed by atoms with Crippen LogP contribution >= 0.6 is 11.3 Å². The molecule has 25 heavy (non-hydrogen) atoms. The first kappa shape index (κ1) is 16.3. The maximum absolute atomic E-state index is 14.2. The highest BCUT2D eigenvalue weighted by Gasteiger charge is 2.33.